The Morgan fingerprint density at radius 1 is 1.19 bits per heavy atom. The van der Waals surface area contributed by atoms with Crippen LogP contribution in [0.3, 0.4) is 0 Å². The fourth-order valence-electron chi connectivity index (χ4n) is 3.89. The first-order chi connectivity index (χ1) is 12.5. The molecule has 7 nitrogen and oxygen atoms in total. The summed E-state index contributed by atoms with van der Waals surface area (Å²) in [5, 5.41) is 22.5. The van der Waals surface area contributed by atoms with Gasteiger partial charge in [0.2, 0.25) is 0 Å². The van der Waals surface area contributed by atoms with Gasteiger partial charge in [0.05, 0.1) is 12.5 Å². The molecule has 0 bridgehead atoms. The number of ketones is 1. The van der Waals surface area contributed by atoms with Crippen LogP contribution in [0.5, 0.6) is 0 Å². The zero-order valence-electron chi connectivity index (χ0n) is 15.3. The van der Waals surface area contributed by atoms with Crippen molar-refractivity contribution < 1.29 is 24.4 Å². The average Bonchev–Trinajstić information content (AvgIpc) is 2.75. The molecule has 26 heavy (non-hydrogen) atoms. The van der Waals surface area contributed by atoms with Gasteiger partial charge in [-0.05, 0) is 38.0 Å². The number of nitrogens with one attached hydrogen (secondary N) is 1. The number of aliphatic carboxylic acids is 1. The standard InChI is InChI=1S/C18H31BN2O5/c20-8-9-21-15-6-4-13(5-7-15)10-16(22)11-14-2-1-3-17(12-18(23)24)26-19(14)25/h1,3,13-15,17,21,25H,2,4-12,20H2,(H,23,24)/t13?,14-,15?,17-/m1/s1. The van der Waals surface area contributed by atoms with Crippen LogP contribution in [0.4, 0.5) is 0 Å². The first-order valence-electron chi connectivity index (χ1n) is 9.65. The fourth-order valence-corrected chi connectivity index (χ4v) is 3.89. The van der Waals surface area contributed by atoms with Crippen molar-refractivity contribution >= 4 is 18.9 Å². The summed E-state index contributed by atoms with van der Waals surface area (Å²) in [6.07, 6.45) is 8.24. The lowest BCUT2D eigenvalue weighted by Gasteiger charge is -2.29. The maximum Gasteiger partial charge on any atom is 0.458 e. The van der Waals surface area contributed by atoms with Gasteiger partial charge in [-0.2, -0.15) is 0 Å². The molecule has 0 aromatic rings. The predicted molar refractivity (Wildman–Crippen MR) is 99.6 cm³/mol. The van der Waals surface area contributed by atoms with Gasteiger partial charge in [-0.25, -0.2) is 0 Å². The van der Waals surface area contributed by atoms with E-state index in [2.05, 4.69) is 5.32 Å². The van der Waals surface area contributed by atoms with Crippen molar-refractivity contribution in [1.82, 2.24) is 5.32 Å². The Balaban J connectivity index is 1.72. The molecule has 1 fully saturated rings. The number of rotatable bonds is 9. The Bertz CT molecular complexity index is 494. The number of carboxylic acids is 1. The normalized spacial score (nSPS) is 29.4. The molecule has 2 rings (SSSR count). The van der Waals surface area contributed by atoms with Crippen molar-refractivity contribution in [1.29, 1.82) is 0 Å². The number of carbonyl (C=O) groups excluding carboxylic acids is 1. The lowest BCUT2D eigenvalue weighted by molar-refractivity contribution is -0.138. The highest BCUT2D eigenvalue weighted by Gasteiger charge is 2.33. The third-order valence-corrected chi connectivity index (χ3v) is 5.31. The van der Waals surface area contributed by atoms with Crippen LogP contribution in [0.1, 0.15) is 51.4 Å². The SMILES string of the molecule is NCCNC1CCC(CC(=O)C[C@H]2CC=C[C@H](CC(=O)O)OB2O)CC1. The van der Waals surface area contributed by atoms with E-state index in [1.54, 1.807) is 6.08 Å². The number of carbonyl (C=O) groups is 2. The van der Waals surface area contributed by atoms with Crippen LogP contribution in [-0.2, 0) is 14.2 Å². The molecule has 1 saturated carbocycles. The van der Waals surface area contributed by atoms with Crippen LogP contribution >= 0.6 is 0 Å². The molecule has 1 aliphatic heterocycles. The van der Waals surface area contributed by atoms with Crippen LogP contribution in [-0.4, -0.2) is 54.2 Å². The van der Waals surface area contributed by atoms with Gasteiger partial charge in [0.15, 0.2) is 0 Å². The number of hydrogen-bond acceptors (Lipinski definition) is 6. The summed E-state index contributed by atoms with van der Waals surface area (Å²) < 4.78 is 5.39. The van der Waals surface area contributed by atoms with Crippen LogP contribution in [0.2, 0.25) is 5.82 Å². The molecule has 2 aliphatic rings. The number of allylic oxidation sites excluding steroid dienone is 1. The molecule has 2 atom stereocenters. The molecule has 0 saturated heterocycles. The van der Waals surface area contributed by atoms with Gasteiger partial charge in [0, 0.05) is 37.8 Å². The van der Waals surface area contributed by atoms with Crippen molar-refractivity contribution in [3.8, 4) is 0 Å². The third kappa shape index (κ3) is 7.19. The summed E-state index contributed by atoms with van der Waals surface area (Å²) >= 11 is 0. The Morgan fingerprint density at radius 3 is 2.58 bits per heavy atom. The van der Waals surface area contributed by atoms with E-state index in [4.69, 9.17) is 15.5 Å². The van der Waals surface area contributed by atoms with Gasteiger partial charge >= 0.3 is 13.1 Å². The van der Waals surface area contributed by atoms with Gasteiger partial charge in [0.25, 0.3) is 0 Å². The Labute approximate surface area is 155 Å². The van der Waals surface area contributed by atoms with Gasteiger partial charge < -0.3 is 25.8 Å². The van der Waals surface area contributed by atoms with Gasteiger partial charge in [-0.3, -0.25) is 9.59 Å². The van der Waals surface area contributed by atoms with Crippen molar-refractivity contribution in [2.75, 3.05) is 13.1 Å². The minimum atomic E-state index is -1.10. The molecular formula is C18H31BN2O5. The maximum atomic E-state index is 12.4. The van der Waals surface area contributed by atoms with Gasteiger partial charge in [-0.1, -0.05) is 12.2 Å². The molecule has 146 valence electrons. The average molecular weight is 366 g/mol. The second kappa shape index (κ2) is 10.8. The van der Waals surface area contributed by atoms with Crippen LogP contribution in [0.15, 0.2) is 12.2 Å². The van der Waals surface area contributed by atoms with Crippen molar-refractivity contribution in [3.05, 3.63) is 12.2 Å². The molecule has 1 heterocycles. The Kier molecular flexibility index (Phi) is 8.77. The second-order valence-corrected chi connectivity index (χ2v) is 7.49. The largest absolute Gasteiger partial charge is 0.481 e. The van der Waals surface area contributed by atoms with Gasteiger partial charge in [-0.15, -0.1) is 0 Å². The zero-order chi connectivity index (χ0) is 18.9. The van der Waals surface area contributed by atoms with E-state index >= 15 is 0 Å². The van der Waals surface area contributed by atoms with E-state index in [-0.39, 0.29) is 24.4 Å². The highest BCUT2D eigenvalue weighted by atomic mass is 16.5. The van der Waals surface area contributed by atoms with Crippen LogP contribution < -0.4 is 11.1 Å². The maximum absolute atomic E-state index is 12.4. The highest BCUT2D eigenvalue weighted by Crippen LogP contribution is 2.30. The minimum absolute atomic E-state index is 0.154. The molecule has 0 aromatic carbocycles. The first-order valence-corrected chi connectivity index (χ1v) is 9.65. The van der Waals surface area contributed by atoms with E-state index in [0.29, 0.717) is 31.3 Å². The summed E-state index contributed by atoms with van der Waals surface area (Å²) in [4.78, 5) is 23.2. The Hall–Kier alpha value is -1.22. The second-order valence-electron chi connectivity index (χ2n) is 7.49. The summed E-state index contributed by atoms with van der Waals surface area (Å²) in [6, 6.07) is 0.512. The van der Waals surface area contributed by atoms with E-state index in [0.717, 1.165) is 32.2 Å². The molecule has 0 unspecified atom stereocenters. The predicted octanol–water partition coefficient (Wildman–Crippen LogP) is 1.11. The summed E-state index contributed by atoms with van der Waals surface area (Å²) in [6.45, 7) is 1.48. The lowest BCUT2D eigenvalue weighted by atomic mass is 9.67. The molecule has 5 N–H and O–H groups in total. The molecule has 0 aromatic heterocycles. The summed E-state index contributed by atoms with van der Waals surface area (Å²) in [7, 11) is -1.10. The topological polar surface area (TPSA) is 122 Å². The third-order valence-electron chi connectivity index (χ3n) is 5.31. The molecule has 8 heteroatoms. The first kappa shape index (κ1) is 21.1. The van der Waals surface area contributed by atoms with E-state index < -0.39 is 19.2 Å². The molecule has 0 spiro atoms. The van der Waals surface area contributed by atoms with E-state index in [1.165, 1.54) is 0 Å². The van der Waals surface area contributed by atoms with Gasteiger partial charge in [0.1, 0.15) is 5.78 Å². The highest BCUT2D eigenvalue weighted by molar-refractivity contribution is 6.45. The smallest absolute Gasteiger partial charge is 0.458 e. The van der Waals surface area contributed by atoms with Crippen molar-refractivity contribution in [2.45, 2.75) is 69.3 Å². The zero-order valence-corrected chi connectivity index (χ0v) is 15.3. The molecule has 1 aliphatic carbocycles. The number of Topliss-reactive ketones (excluding diaryl/α,β-unsaturated/α-hetero) is 1. The number of hydrogen-bond donors (Lipinski definition) is 4. The summed E-state index contributed by atoms with van der Waals surface area (Å²) in [5.41, 5.74) is 5.51. The van der Waals surface area contributed by atoms with Crippen LogP contribution in [0.25, 0.3) is 0 Å². The monoisotopic (exact) mass is 366 g/mol. The lowest BCUT2D eigenvalue weighted by Crippen LogP contribution is -2.36. The number of carboxylic acid groups (broad SMARTS) is 1. The Morgan fingerprint density at radius 2 is 1.92 bits per heavy atom. The molecule has 0 radical (unpaired) electrons. The molecular weight excluding hydrogens is 335 g/mol. The number of nitrogens with two attached hydrogens (primary N) is 1. The fraction of sp³-hybridized carbons (Fsp3) is 0.778. The minimum Gasteiger partial charge on any atom is -0.481 e. The van der Waals surface area contributed by atoms with Crippen LogP contribution in [0, 0.1) is 5.92 Å². The molecule has 0 amide bonds. The van der Waals surface area contributed by atoms with E-state index in [1.807, 2.05) is 6.08 Å². The quantitative estimate of drug-likeness (QED) is 0.356. The van der Waals surface area contributed by atoms with E-state index in [9.17, 15) is 14.6 Å². The van der Waals surface area contributed by atoms with Crippen molar-refractivity contribution in [2.24, 2.45) is 11.7 Å². The summed E-state index contributed by atoms with van der Waals surface area (Å²) in [5.74, 6) is -0.711. The van der Waals surface area contributed by atoms with Crippen molar-refractivity contribution in [3.63, 3.8) is 0 Å².